The summed E-state index contributed by atoms with van der Waals surface area (Å²) in [6.07, 6.45) is 0. The fourth-order valence-electron chi connectivity index (χ4n) is 3.12. The minimum absolute atomic E-state index is 0.0750. The monoisotopic (exact) mass is 504 g/mol. The number of anilines is 1. The molecule has 9 heteroatoms. The van der Waals surface area contributed by atoms with Crippen molar-refractivity contribution in [1.29, 1.82) is 0 Å². The second-order valence-electron chi connectivity index (χ2n) is 8.46. The van der Waals surface area contributed by atoms with Gasteiger partial charge in [0.2, 0.25) is 0 Å². The van der Waals surface area contributed by atoms with Gasteiger partial charge in [-0.3, -0.25) is 30.6 Å². The summed E-state index contributed by atoms with van der Waals surface area (Å²) in [7, 11) is 0. The van der Waals surface area contributed by atoms with Crippen molar-refractivity contribution in [3.05, 3.63) is 95.1 Å². The van der Waals surface area contributed by atoms with E-state index >= 15 is 0 Å². The maximum absolute atomic E-state index is 12.6. The second kappa shape index (κ2) is 12.5. The van der Waals surface area contributed by atoms with Crippen LogP contribution in [0.2, 0.25) is 0 Å². The smallest absolute Gasteiger partial charge is 0.269 e. The van der Waals surface area contributed by atoms with Crippen LogP contribution in [0.25, 0.3) is 0 Å². The quantitative estimate of drug-likeness (QED) is 0.283. The lowest BCUT2D eigenvalue weighted by molar-refractivity contribution is 0.0933. The number of thiocarbonyl (C=S) groups is 1. The van der Waals surface area contributed by atoms with Crippen LogP contribution in [0, 0.1) is 12.8 Å². The first-order chi connectivity index (χ1) is 17.2. The molecule has 0 aliphatic heterocycles. The molecule has 0 radical (unpaired) electrons. The largest absolute Gasteiger partial charge is 0.492 e. The summed E-state index contributed by atoms with van der Waals surface area (Å²) in [6.45, 7) is 6.41. The highest BCUT2D eigenvalue weighted by Gasteiger charge is 2.15. The van der Waals surface area contributed by atoms with E-state index in [1.807, 2.05) is 32.9 Å². The van der Waals surface area contributed by atoms with Gasteiger partial charge < -0.3 is 10.1 Å². The molecule has 0 fully saturated rings. The molecule has 3 rings (SSSR count). The molecule has 3 amide bonds. The van der Waals surface area contributed by atoms with E-state index in [0.717, 1.165) is 5.56 Å². The SMILES string of the molecule is Cc1cccc(C(=O)Nc2ccc(C(=O)NNC(=S)NC(=O)c3ccccc3OCC(C)C)cc2)c1. The number of nitrogens with one attached hydrogen (secondary N) is 4. The third kappa shape index (κ3) is 7.64. The van der Waals surface area contributed by atoms with E-state index in [0.29, 0.717) is 40.7 Å². The molecule has 0 spiro atoms. The predicted octanol–water partition coefficient (Wildman–Crippen LogP) is 4.23. The number of hydrogen-bond acceptors (Lipinski definition) is 5. The molecule has 36 heavy (non-hydrogen) atoms. The van der Waals surface area contributed by atoms with Crippen LogP contribution >= 0.6 is 12.2 Å². The molecule has 4 N–H and O–H groups in total. The molecule has 186 valence electrons. The minimum Gasteiger partial charge on any atom is -0.492 e. The predicted molar refractivity (Wildman–Crippen MR) is 143 cm³/mol. The van der Waals surface area contributed by atoms with Gasteiger partial charge >= 0.3 is 0 Å². The lowest BCUT2D eigenvalue weighted by atomic mass is 10.1. The van der Waals surface area contributed by atoms with Gasteiger partial charge in [0.1, 0.15) is 5.75 Å². The van der Waals surface area contributed by atoms with Crippen LogP contribution in [0.3, 0.4) is 0 Å². The Morgan fingerprint density at radius 2 is 1.56 bits per heavy atom. The Bertz CT molecular complexity index is 1260. The number of para-hydroxylation sites is 1. The summed E-state index contributed by atoms with van der Waals surface area (Å²) in [5, 5.41) is 5.24. The molecule has 0 saturated carbocycles. The first kappa shape index (κ1) is 26.4. The summed E-state index contributed by atoms with van der Waals surface area (Å²) in [5.41, 5.74) is 7.70. The molecule has 0 aliphatic carbocycles. The number of aryl methyl sites for hydroxylation is 1. The zero-order valence-corrected chi connectivity index (χ0v) is 21.1. The molecule has 0 heterocycles. The van der Waals surface area contributed by atoms with Crippen LogP contribution in [-0.4, -0.2) is 29.4 Å². The summed E-state index contributed by atoms with van der Waals surface area (Å²) >= 11 is 5.13. The van der Waals surface area contributed by atoms with Gasteiger partial charge in [-0.1, -0.05) is 43.7 Å². The maximum Gasteiger partial charge on any atom is 0.269 e. The van der Waals surface area contributed by atoms with Crippen molar-refractivity contribution in [1.82, 2.24) is 16.2 Å². The van der Waals surface area contributed by atoms with Crippen molar-refractivity contribution in [2.24, 2.45) is 5.92 Å². The molecule has 0 unspecified atom stereocenters. The lowest BCUT2D eigenvalue weighted by Gasteiger charge is -2.14. The van der Waals surface area contributed by atoms with Gasteiger partial charge in [0.25, 0.3) is 17.7 Å². The van der Waals surface area contributed by atoms with E-state index in [9.17, 15) is 14.4 Å². The zero-order chi connectivity index (χ0) is 26.1. The molecule has 0 bridgehead atoms. The summed E-state index contributed by atoms with van der Waals surface area (Å²) in [6, 6.07) is 20.5. The Labute approximate surface area is 215 Å². The number of benzene rings is 3. The Morgan fingerprint density at radius 1 is 0.833 bits per heavy atom. The van der Waals surface area contributed by atoms with Crippen molar-refractivity contribution in [2.75, 3.05) is 11.9 Å². The minimum atomic E-state index is -0.469. The highest BCUT2D eigenvalue weighted by atomic mass is 32.1. The van der Waals surface area contributed by atoms with Crippen molar-refractivity contribution in [2.45, 2.75) is 20.8 Å². The molecule has 0 aliphatic rings. The first-order valence-electron chi connectivity index (χ1n) is 11.3. The number of hydrogen-bond donors (Lipinski definition) is 4. The van der Waals surface area contributed by atoms with Crippen LogP contribution in [-0.2, 0) is 0 Å². The van der Waals surface area contributed by atoms with Crippen LogP contribution < -0.4 is 26.2 Å². The van der Waals surface area contributed by atoms with E-state index in [4.69, 9.17) is 17.0 Å². The molecule has 0 saturated heterocycles. The zero-order valence-electron chi connectivity index (χ0n) is 20.3. The Kier molecular flexibility index (Phi) is 9.13. The van der Waals surface area contributed by atoms with Gasteiger partial charge in [-0.05, 0) is 73.6 Å². The van der Waals surface area contributed by atoms with Gasteiger partial charge in [0.05, 0.1) is 12.2 Å². The fourth-order valence-corrected chi connectivity index (χ4v) is 3.26. The van der Waals surface area contributed by atoms with Crippen molar-refractivity contribution in [3.63, 3.8) is 0 Å². The van der Waals surface area contributed by atoms with Crippen LogP contribution in [0.4, 0.5) is 5.69 Å². The van der Waals surface area contributed by atoms with E-state index in [1.54, 1.807) is 60.7 Å². The van der Waals surface area contributed by atoms with Crippen LogP contribution in [0.1, 0.15) is 50.5 Å². The third-order valence-corrected chi connectivity index (χ3v) is 5.11. The first-order valence-corrected chi connectivity index (χ1v) is 11.8. The molecular weight excluding hydrogens is 476 g/mol. The second-order valence-corrected chi connectivity index (χ2v) is 8.87. The van der Waals surface area contributed by atoms with Gasteiger partial charge in [0.15, 0.2) is 5.11 Å². The summed E-state index contributed by atoms with van der Waals surface area (Å²) in [4.78, 5) is 37.4. The number of rotatable bonds is 7. The molecule has 0 atom stereocenters. The average molecular weight is 505 g/mol. The van der Waals surface area contributed by atoms with Gasteiger partial charge in [0, 0.05) is 16.8 Å². The number of ether oxygens (including phenoxy) is 1. The van der Waals surface area contributed by atoms with E-state index in [-0.39, 0.29) is 11.0 Å². The van der Waals surface area contributed by atoms with E-state index in [1.165, 1.54) is 0 Å². The number of hydrazine groups is 1. The highest BCUT2D eigenvalue weighted by Crippen LogP contribution is 2.18. The topological polar surface area (TPSA) is 109 Å². The average Bonchev–Trinajstić information content (AvgIpc) is 2.86. The number of carbonyl (C=O) groups excluding carboxylic acids is 3. The van der Waals surface area contributed by atoms with Crippen LogP contribution in [0.5, 0.6) is 5.75 Å². The molecule has 3 aromatic carbocycles. The van der Waals surface area contributed by atoms with Crippen molar-refractivity contribution < 1.29 is 19.1 Å². The van der Waals surface area contributed by atoms with Gasteiger partial charge in [-0.15, -0.1) is 0 Å². The summed E-state index contributed by atoms with van der Waals surface area (Å²) < 4.78 is 5.70. The standard InChI is InChI=1S/C27H28N4O4S/c1-17(2)16-35-23-10-5-4-9-22(23)26(34)29-27(36)31-30-25(33)19-11-13-21(14-12-19)28-24(32)20-8-6-7-18(3)15-20/h4-15,17H,16H2,1-3H3,(H,28,32)(H,30,33)(H2,29,31,34,36). The normalized spacial score (nSPS) is 10.3. The maximum atomic E-state index is 12.6. The fraction of sp³-hybridized carbons (Fsp3) is 0.185. The van der Waals surface area contributed by atoms with Crippen LogP contribution in [0.15, 0.2) is 72.8 Å². The molecule has 3 aromatic rings. The number of carbonyl (C=O) groups is 3. The van der Waals surface area contributed by atoms with Crippen molar-refractivity contribution in [3.8, 4) is 5.75 Å². The van der Waals surface area contributed by atoms with Crippen molar-refractivity contribution >= 4 is 40.7 Å². The van der Waals surface area contributed by atoms with E-state index in [2.05, 4.69) is 21.5 Å². The van der Waals surface area contributed by atoms with Gasteiger partial charge in [-0.25, -0.2) is 0 Å². The Hall–Kier alpha value is -4.24. The Morgan fingerprint density at radius 3 is 2.25 bits per heavy atom. The number of amides is 3. The summed E-state index contributed by atoms with van der Waals surface area (Å²) in [5.74, 6) is -0.420. The highest BCUT2D eigenvalue weighted by molar-refractivity contribution is 7.80. The molecule has 8 nitrogen and oxygen atoms in total. The van der Waals surface area contributed by atoms with Gasteiger partial charge in [-0.2, -0.15) is 0 Å². The third-order valence-electron chi connectivity index (χ3n) is 4.91. The molecular formula is C27H28N4O4S. The Balaban J connectivity index is 1.51. The lowest BCUT2D eigenvalue weighted by Crippen LogP contribution is -2.48. The molecule has 0 aromatic heterocycles. The van der Waals surface area contributed by atoms with E-state index < -0.39 is 11.8 Å².